The third-order valence-corrected chi connectivity index (χ3v) is 6.35. The third-order valence-electron chi connectivity index (χ3n) is 6.35. The Labute approximate surface area is 183 Å². The molecular weight excluding hydrogens is 393 g/mol. The molecule has 2 aliphatic rings. The van der Waals surface area contributed by atoms with Crippen LogP contribution in [-0.4, -0.2) is 48.4 Å². The molecule has 0 spiro atoms. The number of hydrogen-bond acceptors (Lipinski definition) is 3. The molecule has 5 heteroatoms. The summed E-state index contributed by atoms with van der Waals surface area (Å²) in [5, 5.41) is 9.37. The number of allylic oxidation sites excluding steroid dienone is 1. The Morgan fingerprint density at radius 2 is 2.13 bits per heavy atom. The first kappa shape index (κ1) is 21.6. The van der Waals surface area contributed by atoms with Gasteiger partial charge in [-0.05, 0) is 85.1 Å². The number of rotatable bonds is 7. The lowest BCUT2D eigenvalue weighted by molar-refractivity contribution is 0.0696. The number of carboxylic acid groups (broad SMARTS) is 1. The molecule has 1 aliphatic carbocycles. The number of likely N-dealkylation sites (tertiary alicyclic amines) is 1. The van der Waals surface area contributed by atoms with Crippen LogP contribution in [0.15, 0.2) is 42.5 Å². The van der Waals surface area contributed by atoms with E-state index in [1.807, 2.05) is 24.3 Å². The highest BCUT2D eigenvalue weighted by Gasteiger charge is 2.25. The van der Waals surface area contributed by atoms with Gasteiger partial charge in [0.2, 0.25) is 0 Å². The molecule has 1 unspecified atom stereocenters. The van der Waals surface area contributed by atoms with Crippen LogP contribution in [0.25, 0.3) is 5.57 Å². The van der Waals surface area contributed by atoms with Gasteiger partial charge in [0.05, 0.1) is 12.2 Å². The molecule has 1 N–H and O–H groups in total. The van der Waals surface area contributed by atoms with Gasteiger partial charge in [-0.2, -0.15) is 0 Å². The number of nitrogens with zero attached hydrogens (tertiary/aromatic N) is 1. The van der Waals surface area contributed by atoms with Crippen molar-refractivity contribution in [3.63, 3.8) is 0 Å². The minimum atomic E-state index is -0.888. The van der Waals surface area contributed by atoms with Crippen molar-refractivity contribution in [2.75, 3.05) is 26.3 Å². The normalized spacial score (nSPS) is 18.9. The second-order valence-electron chi connectivity index (χ2n) is 8.49. The van der Waals surface area contributed by atoms with Crippen LogP contribution in [-0.2, 0) is 6.42 Å². The summed E-state index contributed by atoms with van der Waals surface area (Å²) in [4.78, 5) is 13.7. The molecule has 4 nitrogen and oxygen atoms in total. The summed E-state index contributed by atoms with van der Waals surface area (Å²) in [6, 6.07) is 11.6. The summed E-state index contributed by atoms with van der Waals surface area (Å²) in [6.45, 7) is 4.41. The minimum absolute atomic E-state index is 0.127. The highest BCUT2D eigenvalue weighted by molar-refractivity contribution is 5.90. The molecule has 1 heterocycles. The Bertz CT molecular complexity index is 985. The first-order valence-corrected chi connectivity index (χ1v) is 11.2. The fraction of sp³-hybridized carbons (Fsp3) is 0.423. The molecule has 164 valence electrons. The van der Waals surface area contributed by atoms with Crippen molar-refractivity contribution in [3.8, 4) is 5.75 Å². The fourth-order valence-electron chi connectivity index (χ4n) is 4.69. The molecule has 2 aromatic carbocycles. The summed E-state index contributed by atoms with van der Waals surface area (Å²) < 4.78 is 18.8. The molecule has 2 aromatic rings. The molecule has 0 amide bonds. The number of fused-ring (bicyclic) bond motifs is 1. The maximum atomic E-state index is 12.5. The zero-order valence-electron chi connectivity index (χ0n) is 18.1. The number of ether oxygens (including phenoxy) is 1. The van der Waals surface area contributed by atoms with Crippen LogP contribution in [0.4, 0.5) is 4.39 Å². The lowest BCUT2D eigenvalue weighted by Crippen LogP contribution is -2.26. The average Bonchev–Trinajstić information content (AvgIpc) is 3.10. The molecule has 0 bridgehead atoms. The summed E-state index contributed by atoms with van der Waals surface area (Å²) in [7, 11) is 0. The van der Waals surface area contributed by atoms with E-state index in [-0.39, 0.29) is 12.8 Å². The van der Waals surface area contributed by atoms with Crippen molar-refractivity contribution in [1.82, 2.24) is 4.90 Å². The fourth-order valence-corrected chi connectivity index (χ4v) is 4.69. The molecule has 4 rings (SSSR count). The smallest absolute Gasteiger partial charge is 0.335 e. The van der Waals surface area contributed by atoms with Crippen LogP contribution < -0.4 is 4.74 Å². The van der Waals surface area contributed by atoms with E-state index >= 15 is 0 Å². The lowest BCUT2D eigenvalue weighted by Gasteiger charge is -2.20. The molecule has 1 saturated heterocycles. The minimum Gasteiger partial charge on any atom is -0.489 e. The third kappa shape index (κ3) is 4.82. The number of aromatic carboxylic acids is 1. The van der Waals surface area contributed by atoms with Crippen LogP contribution in [0.5, 0.6) is 5.75 Å². The zero-order chi connectivity index (χ0) is 21.8. The maximum absolute atomic E-state index is 12.5. The number of halogens is 1. The SMILES string of the molecule is Cc1c(OC2CCN(CCCF)C2)cccc1C1=CCCCc2cc(C(=O)O)ccc21. The van der Waals surface area contributed by atoms with Crippen molar-refractivity contribution in [3.05, 3.63) is 70.3 Å². The predicted molar refractivity (Wildman–Crippen MR) is 121 cm³/mol. The Morgan fingerprint density at radius 3 is 2.94 bits per heavy atom. The van der Waals surface area contributed by atoms with Crippen LogP contribution in [0, 0.1) is 6.92 Å². The van der Waals surface area contributed by atoms with E-state index in [2.05, 4.69) is 24.0 Å². The number of carboxylic acids is 1. The lowest BCUT2D eigenvalue weighted by atomic mass is 9.90. The first-order chi connectivity index (χ1) is 15.1. The Morgan fingerprint density at radius 1 is 1.26 bits per heavy atom. The predicted octanol–water partition coefficient (Wildman–Crippen LogP) is 5.27. The second-order valence-corrected chi connectivity index (χ2v) is 8.49. The number of aryl methyl sites for hydroxylation is 1. The summed E-state index contributed by atoms with van der Waals surface area (Å²) >= 11 is 0. The van der Waals surface area contributed by atoms with Gasteiger partial charge in [-0.15, -0.1) is 0 Å². The van der Waals surface area contributed by atoms with E-state index in [0.717, 1.165) is 78.9 Å². The van der Waals surface area contributed by atoms with Gasteiger partial charge in [-0.3, -0.25) is 9.29 Å². The molecule has 1 atom stereocenters. The molecule has 0 radical (unpaired) electrons. The topological polar surface area (TPSA) is 49.8 Å². The van der Waals surface area contributed by atoms with Crippen molar-refractivity contribution in [2.24, 2.45) is 0 Å². The maximum Gasteiger partial charge on any atom is 0.335 e. The van der Waals surface area contributed by atoms with E-state index in [1.165, 1.54) is 0 Å². The molecular formula is C26H30FNO3. The van der Waals surface area contributed by atoms with E-state index < -0.39 is 5.97 Å². The highest BCUT2D eigenvalue weighted by Crippen LogP contribution is 2.36. The molecule has 0 saturated carbocycles. The van der Waals surface area contributed by atoms with Gasteiger partial charge in [0, 0.05) is 19.6 Å². The Hall–Kier alpha value is -2.66. The van der Waals surface area contributed by atoms with Crippen LogP contribution in [0.2, 0.25) is 0 Å². The number of alkyl halides is 1. The number of hydrogen-bond donors (Lipinski definition) is 1. The number of carbonyl (C=O) groups is 1. The van der Waals surface area contributed by atoms with Gasteiger partial charge in [-0.25, -0.2) is 4.79 Å². The van der Waals surface area contributed by atoms with Gasteiger partial charge in [-0.1, -0.05) is 24.3 Å². The monoisotopic (exact) mass is 423 g/mol. The molecule has 31 heavy (non-hydrogen) atoms. The largest absolute Gasteiger partial charge is 0.489 e. The average molecular weight is 424 g/mol. The van der Waals surface area contributed by atoms with Crippen molar-refractivity contribution < 1.29 is 19.0 Å². The molecule has 0 aromatic heterocycles. The van der Waals surface area contributed by atoms with Crippen LogP contribution in [0.1, 0.15) is 58.3 Å². The standard InChI is InChI=1S/C26H30FNO3/c1-18-22(8-4-9-25(18)31-21-12-15-28(17-21)14-5-13-27)24-7-3-2-6-19-16-20(26(29)30)10-11-23(19)24/h4,7-11,16,21H,2-3,5-6,12-15,17H2,1H3,(H,29,30). The van der Waals surface area contributed by atoms with Gasteiger partial charge < -0.3 is 9.84 Å². The van der Waals surface area contributed by atoms with E-state index in [1.54, 1.807) is 6.07 Å². The van der Waals surface area contributed by atoms with Gasteiger partial charge in [0.25, 0.3) is 0 Å². The van der Waals surface area contributed by atoms with Crippen molar-refractivity contribution in [2.45, 2.75) is 45.1 Å². The van der Waals surface area contributed by atoms with E-state index in [9.17, 15) is 14.3 Å². The van der Waals surface area contributed by atoms with Crippen LogP contribution >= 0.6 is 0 Å². The second kappa shape index (κ2) is 9.65. The van der Waals surface area contributed by atoms with Gasteiger partial charge in [0.1, 0.15) is 11.9 Å². The molecule has 1 aliphatic heterocycles. The highest BCUT2D eigenvalue weighted by atomic mass is 19.1. The first-order valence-electron chi connectivity index (χ1n) is 11.2. The Kier molecular flexibility index (Phi) is 6.71. The van der Waals surface area contributed by atoms with Crippen molar-refractivity contribution >= 4 is 11.5 Å². The zero-order valence-corrected chi connectivity index (χ0v) is 18.1. The van der Waals surface area contributed by atoms with Gasteiger partial charge >= 0.3 is 5.97 Å². The van der Waals surface area contributed by atoms with E-state index in [4.69, 9.17) is 4.74 Å². The Balaban J connectivity index is 1.59. The van der Waals surface area contributed by atoms with Crippen LogP contribution in [0.3, 0.4) is 0 Å². The molecule has 1 fully saturated rings. The summed E-state index contributed by atoms with van der Waals surface area (Å²) in [6.07, 6.45) is 6.78. The van der Waals surface area contributed by atoms with E-state index in [0.29, 0.717) is 12.0 Å². The van der Waals surface area contributed by atoms with Crippen molar-refractivity contribution in [1.29, 1.82) is 0 Å². The summed E-state index contributed by atoms with van der Waals surface area (Å²) in [5.41, 5.74) is 5.94. The summed E-state index contributed by atoms with van der Waals surface area (Å²) in [5.74, 6) is 0.00460. The number of benzene rings is 2. The van der Waals surface area contributed by atoms with Gasteiger partial charge in [0.15, 0.2) is 0 Å². The quantitative estimate of drug-likeness (QED) is 0.659.